The first-order chi connectivity index (χ1) is 10.5. The lowest BCUT2D eigenvalue weighted by Crippen LogP contribution is -2.15. The van der Waals surface area contributed by atoms with Crippen LogP contribution in [-0.4, -0.2) is 23.8 Å². The number of carbonyl (C=O) groups excluding carboxylic acids is 1. The number of thioether (sulfide) groups is 1. The molecule has 0 aliphatic carbocycles. The molecule has 1 amide bonds. The Morgan fingerprint density at radius 2 is 2.14 bits per heavy atom. The molecule has 1 heterocycles. The van der Waals surface area contributed by atoms with Gasteiger partial charge in [0.05, 0.1) is 12.9 Å². The molecule has 1 aromatic heterocycles. The summed E-state index contributed by atoms with van der Waals surface area (Å²) in [6.45, 7) is 4.07. The topological polar surface area (TPSA) is 51.2 Å². The maximum atomic E-state index is 12.1. The van der Waals surface area contributed by atoms with Crippen LogP contribution >= 0.6 is 27.7 Å². The molecule has 0 fully saturated rings. The molecule has 1 N–H and O–H groups in total. The van der Waals surface area contributed by atoms with E-state index in [2.05, 4.69) is 38.4 Å². The Morgan fingerprint density at radius 1 is 1.36 bits per heavy atom. The lowest BCUT2D eigenvalue weighted by atomic mass is 10.2. The summed E-state index contributed by atoms with van der Waals surface area (Å²) in [5, 5.41) is 2.77. The second kappa shape index (κ2) is 7.65. The Balaban J connectivity index is 2.00. The standard InChI is InChI=1S/C16H17BrN2O2S/c1-10-8-14(11(2)7-12(10)17)22-9-15(20)19-16-13(21-3)5-4-6-18-16/h4-8H,9H2,1-3H3,(H,18,19,20). The number of nitrogens with zero attached hydrogens (tertiary/aromatic N) is 1. The third kappa shape index (κ3) is 4.24. The number of amides is 1. The predicted molar refractivity (Wildman–Crippen MR) is 93.8 cm³/mol. The molecule has 0 saturated carbocycles. The fraction of sp³-hybridized carbons (Fsp3) is 0.250. The summed E-state index contributed by atoms with van der Waals surface area (Å²) >= 11 is 5.02. The molecule has 2 aromatic rings. The maximum absolute atomic E-state index is 12.1. The average molecular weight is 381 g/mol. The van der Waals surface area contributed by atoms with Gasteiger partial charge in [-0.3, -0.25) is 4.79 Å². The number of hydrogen-bond donors (Lipinski definition) is 1. The van der Waals surface area contributed by atoms with Crippen molar-refractivity contribution in [1.82, 2.24) is 4.98 Å². The molecular formula is C16H17BrN2O2S. The van der Waals surface area contributed by atoms with Gasteiger partial charge in [-0.25, -0.2) is 4.98 Å². The number of nitrogens with one attached hydrogen (secondary N) is 1. The summed E-state index contributed by atoms with van der Waals surface area (Å²) < 4.78 is 6.25. The molecular weight excluding hydrogens is 364 g/mol. The first kappa shape index (κ1) is 16.8. The number of benzene rings is 1. The van der Waals surface area contributed by atoms with Crippen LogP contribution in [0.4, 0.5) is 5.82 Å². The summed E-state index contributed by atoms with van der Waals surface area (Å²) in [6.07, 6.45) is 1.62. The zero-order valence-electron chi connectivity index (χ0n) is 12.6. The van der Waals surface area contributed by atoms with Crippen molar-refractivity contribution in [3.8, 4) is 5.75 Å². The molecule has 0 aliphatic heterocycles. The molecule has 1 aromatic carbocycles. The van der Waals surface area contributed by atoms with Crippen LogP contribution in [0.5, 0.6) is 5.75 Å². The molecule has 6 heteroatoms. The number of aryl methyl sites for hydroxylation is 2. The number of carbonyl (C=O) groups is 1. The van der Waals surface area contributed by atoms with Gasteiger partial charge in [0.2, 0.25) is 5.91 Å². The van der Waals surface area contributed by atoms with E-state index in [0.29, 0.717) is 17.3 Å². The van der Waals surface area contributed by atoms with Gasteiger partial charge in [0.15, 0.2) is 11.6 Å². The predicted octanol–water partition coefficient (Wildman–Crippen LogP) is 4.20. The minimum absolute atomic E-state index is 0.109. The lowest BCUT2D eigenvalue weighted by molar-refractivity contribution is -0.113. The second-order valence-electron chi connectivity index (χ2n) is 4.76. The van der Waals surface area contributed by atoms with E-state index in [1.165, 1.54) is 11.8 Å². The van der Waals surface area contributed by atoms with Gasteiger partial charge >= 0.3 is 0 Å². The maximum Gasteiger partial charge on any atom is 0.235 e. The molecule has 0 saturated heterocycles. The number of aromatic nitrogens is 1. The summed E-state index contributed by atoms with van der Waals surface area (Å²) in [4.78, 5) is 17.3. The normalized spacial score (nSPS) is 10.4. The zero-order chi connectivity index (χ0) is 16.1. The monoisotopic (exact) mass is 380 g/mol. The fourth-order valence-electron chi connectivity index (χ4n) is 1.87. The first-order valence-corrected chi connectivity index (χ1v) is 8.47. The minimum Gasteiger partial charge on any atom is -0.493 e. The second-order valence-corrected chi connectivity index (χ2v) is 6.63. The molecule has 2 rings (SSSR count). The van der Waals surface area contributed by atoms with E-state index < -0.39 is 0 Å². The summed E-state index contributed by atoms with van der Waals surface area (Å²) in [7, 11) is 1.55. The van der Waals surface area contributed by atoms with Crippen LogP contribution in [0.3, 0.4) is 0 Å². The van der Waals surface area contributed by atoms with E-state index >= 15 is 0 Å². The highest BCUT2D eigenvalue weighted by atomic mass is 79.9. The number of hydrogen-bond acceptors (Lipinski definition) is 4. The van der Waals surface area contributed by atoms with Gasteiger partial charge in [-0.2, -0.15) is 0 Å². The van der Waals surface area contributed by atoms with Crippen LogP contribution in [0.1, 0.15) is 11.1 Å². The van der Waals surface area contributed by atoms with E-state index in [4.69, 9.17) is 4.74 Å². The molecule has 0 radical (unpaired) electrons. The minimum atomic E-state index is -0.109. The summed E-state index contributed by atoms with van der Waals surface area (Å²) in [5.41, 5.74) is 2.30. The smallest absolute Gasteiger partial charge is 0.235 e. The van der Waals surface area contributed by atoms with Crippen molar-refractivity contribution in [3.05, 3.63) is 46.1 Å². The molecule has 0 aliphatic rings. The van der Waals surface area contributed by atoms with E-state index in [9.17, 15) is 4.79 Å². The third-order valence-electron chi connectivity index (χ3n) is 3.06. The molecule has 0 spiro atoms. The number of methoxy groups -OCH3 is 1. The quantitative estimate of drug-likeness (QED) is 0.789. The summed E-state index contributed by atoms with van der Waals surface area (Å²) in [6, 6.07) is 7.67. The Bertz CT molecular complexity index is 692. The van der Waals surface area contributed by atoms with E-state index in [0.717, 1.165) is 20.5 Å². The summed E-state index contributed by atoms with van der Waals surface area (Å²) in [5.74, 6) is 1.21. The molecule has 0 atom stereocenters. The third-order valence-corrected chi connectivity index (χ3v) is 5.08. The number of pyridine rings is 1. The van der Waals surface area contributed by atoms with Crippen LogP contribution < -0.4 is 10.1 Å². The zero-order valence-corrected chi connectivity index (χ0v) is 15.0. The highest BCUT2D eigenvalue weighted by molar-refractivity contribution is 9.10. The van der Waals surface area contributed by atoms with Gasteiger partial charge in [0.25, 0.3) is 0 Å². The highest BCUT2D eigenvalue weighted by Crippen LogP contribution is 2.28. The van der Waals surface area contributed by atoms with Crippen LogP contribution in [0.2, 0.25) is 0 Å². The largest absolute Gasteiger partial charge is 0.493 e. The van der Waals surface area contributed by atoms with Crippen molar-refractivity contribution in [1.29, 1.82) is 0 Å². The SMILES string of the molecule is COc1cccnc1NC(=O)CSc1cc(C)c(Br)cc1C. The molecule has 0 bridgehead atoms. The molecule has 0 unspecified atom stereocenters. The number of halogens is 1. The van der Waals surface area contributed by atoms with Gasteiger partial charge in [-0.1, -0.05) is 15.9 Å². The van der Waals surface area contributed by atoms with Crippen molar-refractivity contribution >= 4 is 39.4 Å². The van der Waals surface area contributed by atoms with Crippen molar-refractivity contribution in [3.63, 3.8) is 0 Å². The lowest BCUT2D eigenvalue weighted by Gasteiger charge is -2.10. The Labute approximate surface area is 142 Å². The Morgan fingerprint density at radius 3 is 2.86 bits per heavy atom. The van der Waals surface area contributed by atoms with Crippen LogP contribution in [0.25, 0.3) is 0 Å². The fourth-order valence-corrected chi connectivity index (χ4v) is 3.23. The average Bonchev–Trinajstić information content (AvgIpc) is 2.50. The van der Waals surface area contributed by atoms with E-state index in [-0.39, 0.29) is 5.91 Å². The van der Waals surface area contributed by atoms with Gasteiger partial charge < -0.3 is 10.1 Å². The van der Waals surface area contributed by atoms with Crippen molar-refractivity contribution in [2.24, 2.45) is 0 Å². The van der Waals surface area contributed by atoms with E-state index in [1.54, 1.807) is 25.4 Å². The van der Waals surface area contributed by atoms with Gasteiger partial charge in [0, 0.05) is 15.6 Å². The Kier molecular flexibility index (Phi) is 5.85. The number of ether oxygens (including phenoxy) is 1. The van der Waals surface area contributed by atoms with Crippen LogP contribution in [-0.2, 0) is 4.79 Å². The van der Waals surface area contributed by atoms with Gasteiger partial charge in [-0.05, 0) is 49.2 Å². The van der Waals surface area contributed by atoms with Crippen molar-refractivity contribution in [2.45, 2.75) is 18.7 Å². The van der Waals surface area contributed by atoms with E-state index in [1.807, 2.05) is 13.8 Å². The Hall–Kier alpha value is -1.53. The van der Waals surface area contributed by atoms with Crippen LogP contribution in [0, 0.1) is 13.8 Å². The molecule has 22 heavy (non-hydrogen) atoms. The highest BCUT2D eigenvalue weighted by Gasteiger charge is 2.10. The molecule has 4 nitrogen and oxygen atoms in total. The van der Waals surface area contributed by atoms with Crippen LogP contribution in [0.15, 0.2) is 39.8 Å². The van der Waals surface area contributed by atoms with Crippen molar-refractivity contribution in [2.75, 3.05) is 18.2 Å². The van der Waals surface area contributed by atoms with Gasteiger partial charge in [-0.15, -0.1) is 11.8 Å². The van der Waals surface area contributed by atoms with Crippen molar-refractivity contribution < 1.29 is 9.53 Å². The first-order valence-electron chi connectivity index (χ1n) is 6.69. The van der Waals surface area contributed by atoms with Gasteiger partial charge in [0.1, 0.15) is 0 Å². The molecule has 116 valence electrons. The number of rotatable bonds is 5. The number of anilines is 1.